The summed E-state index contributed by atoms with van der Waals surface area (Å²) < 4.78 is 31.4. The molecule has 25 heavy (non-hydrogen) atoms. The van der Waals surface area contributed by atoms with Crippen molar-refractivity contribution in [2.24, 2.45) is 0 Å². The van der Waals surface area contributed by atoms with Crippen molar-refractivity contribution in [3.63, 3.8) is 0 Å². The minimum Gasteiger partial charge on any atom is -0.493 e. The number of β-amino-alcohol motifs (C(OH)–C–C–N with tert-alkyl or cyclic N) is 1. The molecule has 1 aliphatic rings. The Morgan fingerprint density at radius 3 is 2.32 bits per heavy atom. The molecule has 1 amide bonds. The number of aliphatic hydroxyl groups excluding tert-OH is 1. The molecule has 4 nitrogen and oxygen atoms in total. The van der Waals surface area contributed by atoms with Gasteiger partial charge in [-0.3, -0.25) is 4.79 Å². The highest BCUT2D eigenvalue weighted by atomic mass is 19.1. The predicted octanol–water partition coefficient (Wildman–Crippen LogP) is 3.07. The fourth-order valence-corrected chi connectivity index (χ4v) is 3.02. The molecule has 0 spiro atoms. The van der Waals surface area contributed by atoms with Gasteiger partial charge in [0.05, 0.1) is 25.2 Å². The van der Waals surface area contributed by atoms with Crippen LogP contribution >= 0.6 is 0 Å². The van der Waals surface area contributed by atoms with Crippen LogP contribution in [-0.4, -0.2) is 35.2 Å². The third kappa shape index (κ3) is 4.33. The minimum atomic E-state index is -0.600. The highest BCUT2D eigenvalue weighted by Crippen LogP contribution is 2.32. The van der Waals surface area contributed by atoms with Crippen LogP contribution in [-0.2, 0) is 4.79 Å². The summed E-state index contributed by atoms with van der Waals surface area (Å²) >= 11 is 0. The first-order valence-electron chi connectivity index (χ1n) is 8.14. The van der Waals surface area contributed by atoms with Crippen LogP contribution in [0.1, 0.15) is 24.4 Å². The van der Waals surface area contributed by atoms with Crippen LogP contribution in [0.25, 0.3) is 0 Å². The summed E-state index contributed by atoms with van der Waals surface area (Å²) in [4.78, 5) is 14.1. The lowest BCUT2D eigenvalue weighted by atomic mass is 10.0. The third-order valence-electron chi connectivity index (χ3n) is 4.25. The van der Waals surface area contributed by atoms with E-state index in [-0.39, 0.29) is 43.2 Å². The van der Waals surface area contributed by atoms with Crippen molar-refractivity contribution in [1.29, 1.82) is 0 Å². The van der Waals surface area contributed by atoms with Gasteiger partial charge in [-0.1, -0.05) is 12.1 Å². The first-order chi connectivity index (χ1) is 12.0. The van der Waals surface area contributed by atoms with E-state index in [0.29, 0.717) is 12.2 Å². The summed E-state index contributed by atoms with van der Waals surface area (Å²) in [5, 5.41) is 9.93. The van der Waals surface area contributed by atoms with Gasteiger partial charge in [-0.2, -0.15) is 0 Å². The molecule has 1 aliphatic heterocycles. The molecule has 132 valence electrons. The van der Waals surface area contributed by atoms with E-state index < -0.39 is 6.10 Å². The second kappa shape index (κ2) is 7.61. The molecule has 0 radical (unpaired) electrons. The number of rotatable bonds is 5. The zero-order valence-corrected chi connectivity index (χ0v) is 13.6. The van der Waals surface area contributed by atoms with Crippen molar-refractivity contribution in [1.82, 2.24) is 4.90 Å². The molecule has 6 heteroatoms. The van der Waals surface area contributed by atoms with Gasteiger partial charge in [0.25, 0.3) is 0 Å². The molecule has 2 atom stereocenters. The van der Waals surface area contributed by atoms with Crippen molar-refractivity contribution in [3.05, 3.63) is 65.7 Å². The second-order valence-electron chi connectivity index (χ2n) is 6.06. The Hall–Kier alpha value is -2.47. The number of aliphatic hydroxyl groups is 1. The van der Waals surface area contributed by atoms with Crippen LogP contribution < -0.4 is 4.74 Å². The largest absolute Gasteiger partial charge is 0.493 e. The van der Waals surface area contributed by atoms with E-state index in [0.717, 1.165) is 5.56 Å². The number of carbonyl (C=O) groups excluding carboxylic acids is 1. The maximum atomic E-state index is 13.1. The van der Waals surface area contributed by atoms with Crippen molar-refractivity contribution in [2.45, 2.75) is 25.0 Å². The molecule has 0 saturated carbocycles. The average Bonchev–Trinajstić information content (AvgIpc) is 2.99. The summed E-state index contributed by atoms with van der Waals surface area (Å²) in [5.41, 5.74) is 0.797. The van der Waals surface area contributed by atoms with Crippen molar-refractivity contribution in [2.75, 3.05) is 13.2 Å². The lowest BCUT2D eigenvalue weighted by Crippen LogP contribution is -2.32. The molecule has 2 aromatic rings. The van der Waals surface area contributed by atoms with Crippen LogP contribution in [0.5, 0.6) is 5.75 Å². The van der Waals surface area contributed by atoms with Gasteiger partial charge in [0, 0.05) is 6.54 Å². The fraction of sp³-hybridized carbons (Fsp3) is 0.316. The Kier molecular flexibility index (Phi) is 5.28. The van der Waals surface area contributed by atoms with E-state index in [4.69, 9.17) is 4.74 Å². The first kappa shape index (κ1) is 17.4. The number of hydrogen-bond donors (Lipinski definition) is 1. The molecule has 0 bridgehead atoms. The zero-order valence-electron chi connectivity index (χ0n) is 13.6. The summed E-state index contributed by atoms with van der Waals surface area (Å²) in [6.45, 7) is 0.407. The lowest BCUT2D eigenvalue weighted by Gasteiger charge is -2.25. The van der Waals surface area contributed by atoms with Crippen LogP contribution in [0.4, 0.5) is 8.78 Å². The highest BCUT2D eigenvalue weighted by molar-refractivity contribution is 5.77. The molecule has 0 aromatic heterocycles. The molecule has 1 saturated heterocycles. The van der Waals surface area contributed by atoms with Gasteiger partial charge in [-0.15, -0.1) is 0 Å². The second-order valence-corrected chi connectivity index (χ2v) is 6.06. The van der Waals surface area contributed by atoms with Gasteiger partial charge in [0.2, 0.25) is 5.91 Å². The maximum absolute atomic E-state index is 13.1. The molecule has 0 unspecified atom stereocenters. The number of likely N-dealkylation sites (tertiary alicyclic amines) is 1. The Morgan fingerprint density at radius 1 is 1.08 bits per heavy atom. The molecular formula is C19H19F2NO3. The van der Waals surface area contributed by atoms with Gasteiger partial charge in [0.1, 0.15) is 17.4 Å². The van der Waals surface area contributed by atoms with E-state index >= 15 is 0 Å². The number of carbonyl (C=O) groups is 1. The van der Waals surface area contributed by atoms with Gasteiger partial charge in [0.15, 0.2) is 0 Å². The first-order valence-corrected chi connectivity index (χ1v) is 8.14. The average molecular weight is 347 g/mol. The standard InChI is InChI=1S/C19H19F2NO3/c20-14-3-1-13(2-4-14)18-11-16(23)12-22(18)19(24)9-10-25-17-7-5-15(21)6-8-17/h1-8,16,18,23H,9-12H2/t16-,18-/m0/s1. The normalized spacial score (nSPS) is 19.9. The maximum Gasteiger partial charge on any atom is 0.226 e. The van der Waals surface area contributed by atoms with Crippen molar-refractivity contribution >= 4 is 5.91 Å². The van der Waals surface area contributed by atoms with E-state index in [9.17, 15) is 18.7 Å². The van der Waals surface area contributed by atoms with Crippen LogP contribution in [0.2, 0.25) is 0 Å². The zero-order chi connectivity index (χ0) is 17.8. The monoisotopic (exact) mass is 347 g/mol. The quantitative estimate of drug-likeness (QED) is 0.904. The fourth-order valence-electron chi connectivity index (χ4n) is 3.02. The van der Waals surface area contributed by atoms with Crippen LogP contribution in [0.3, 0.4) is 0 Å². The summed E-state index contributed by atoms with van der Waals surface area (Å²) in [7, 11) is 0. The molecular weight excluding hydrogens is 328 g/mol. The van der Waals surface area contributed by atoms with E-state index in [1.54, 1.807) is 17.0 Å². The Labute approximate surface area is 144 Å². The molecule has 0 aliphatic carbocycles. The lowest BCUT2D eigenvalue weighted by molar-refractivity contribution is -0.133. The Bertz CT molecular complexity index is 718. The van der Waals surface area contributed by atoms with Gasteiger partial charge < -0.3 is 14.7 Å². The number of benzene rings is 2. The van der Waals surface area contributed by atoms with E-state index in [1.165, 1.54) is 36.4 Å². The summed E-state index contributed by atoms with van der Waals surface area (Å²) in [5.74, 6) is -0.344. The number of halogens is 2. The molecule has 1 N–H and O–H groups in total. The number of nitrogens with zero attached hydrogens (tertiary/aromatic N) is 1. The summed E-state index contributed by atoms with van der Waals surface area (Å²) in [6, 6.07) is 11.3. The topological polar surface area (TPSA) is 49.8 Å². The van der Waals surface area contributed by atoms with E-state index in [2.05, 4.69) is 0 Å². The summed E-state index contributed by atoms with van der Waals surface area (Å²) in [6.07, 6.45) is -0.0325. The van der Waals surface area contributed by atoms with Crippen molar-refractivity contribution < 1.29 is 23.4 Å². The van der Waals surface area contributed by atoms with Gasteiger partial charge in [-0.25, -0.2) is 8.78 Å². The van der Waals surface area contributed by atoms with Crippen molar-refractivity contribution in [3.8, 4) is 5.75 Å². The Morgan fingerprint density at radius 2 is 1.68 bits per heavy atom. The van der Waals surface area contributed by atoms with Crippen LogP contribution in [0, 0.1) is 11.6 Å². The highest BCUT2D eigenvalue weighted by Gasteiger charge is 2.34. The number of amides is 1. The predicted molar refractivity (Wildman–Crippen MR) is 88.0 cm³/mol. The van der Waals surface area contributed by atoms with Gasteiger partial charge in [-0.05, 0) is 48.4 Å². The van der Waals surface area contributed by atoms with E-state index in [1.807, 2.05) is 0 Å². The van der Waals surface area contributed by atoms with Crippen LogP contribution in [0.15, 0.2) is 48.5 Å². The smallest absolute Gasteiger partial charge is 0.226 e. The molecule has 1 fully saturated rings. The SMILES string of the molecule is O=C(CCOc1ccc(F)cc1)N1C[C@@H](O)C[C@H]1c1ccc(F)cc1. The third-order valence-corrected chi connectivity index (χ3v) is 4.25. The number of ether oxygens (including phenoxy) is 1. The number of hydrogen-bond acceptors (Lipinski definition) is 3. The molecule has 3 rings (SSSR count). The van der Waals surface area contributed by atoms with Gasteiger partial charge >= 0.3 is 0 Å². The molecule has 1 heterocycles. The Balaban J connectivity index is 1.59. The molecule has 2 aromatic carbocycles. The minimum absolute atomic E-state index is 0.141.